The zero-order chi connectivity index (χ0) is 15.4. The van der Waals surface area contributed by atoms with Crippen molar-refractivity contribution < 1.29 is 4.79 Å². The minimum atomic E-state index is -0.434. The predicted octanol–water partition coefficient (Wildman–Crippen LogP) is 2.99. The van der Waals surface area contributed by atoms with E-state index in [0.717, 1.165) is 5.92 Å². The Kier molecular flexibility index (Phi) is 2.98. The van der Waals surface area contributed by atoms with Crippen LogP contribution in [0.3, 0.4) is 0 Å². The Balaban J connectivity index is 1.99. The van der Waals surface area contributed by atoms with Crippen LogP contribution in [0.1, 0.15) is 50.4 Å². The van der Waals surface area contributed by atoms with Gasteiger partial charge in [-0.2, -0.15) is 0 Å². The molecule has 3 atom stereocenters. The zero-order valence-electron chi connectivity index (χ0n) is 13.1. The van der Waals surface area contributed by atoms with Crippen molar-refractivity contribution in [3.63, 3.8) is 0 Å². The van der Waals surface area contributed by atoms with Crippen molar-refractivity contribution in [1.82, 2.24) is 0 Å². The summed E-state index contributed by atoms with van der Waals surface area (Å²) in [5, 5.41) is 3.60. The standard InChI is InChI=1S/C17H25N3O/c1-16(2)10-7-8-17(3,9-10)15(16)20-13-11(14(19)21)5-4-6-12(13)18/h4-6,10,15,20H,7-9,18H2,1-3H3,(H2,19,21). The third kappa shape index (κ3) is 2.00. The van der Waals surface area contributed by atoms with Crippen LogP contribution in [0.2, 0.25) is 0 Å². The number of rotatable bonds is 3. The van der Waals surface area contributed by atoms with Crippen molar-refractivity contribution in [2.75, 3.05) is 11.1 Å². The number of nitrogens with two attached hydrogens (primary N) is 2. The molecule has 114 valence electrons. The fourth-order valence-corrected chi connectivity index (χ4v) is 4.74. The first kappa shape index (κ1) is 14.2. The largest absolute Gasteiger partial charge is 0.397 e. The summed E-state index contributed by atoms with van der Waals surface area (Å²) in [7, 11) is 0. The smallest absolute Gasteiger partial charge is 0.250 e. The van der Waals surface area contributed by atoms with Crippen molar-refractivity contribution in [1.29, 1.82) is 0 Å². The molecule has 2 aliphatic rings. The molecule has 1 aromatic carbocycles. The average Bonchev–Trinajstić information content (AvgIpc) is 2.87. The molecule has 1 amide bonds. The average molecular weight is 287 g/mol. The highest BCUT2D eigenvalue weighted by Crippen LogP contribution is 2.63. The summed E-state index contributed by atoms with van der Waals surface area (Å²) in [5.74, 6) is 0.304. The SMILES string of the molecule is CC12CCC(C1)C(C)(C)C2Nc1c(N)cccc1C(N)=O. The first-order valence-electron chi connectivity index (χ1n) is 7.70. The molecule has 21 heavy (non-hydrogen) atoms. The highest BCUT2D eigenvalue weighted by molar-refractivity contribution is 6.01. The van der Waals surface area contributed by atoms with Crippen LogP contribution >= 0.6 is 0 Å². The molecule has 5 N–H and O–H groups in total. The molecular weight excluding hydrogens is 262 g/mol. The van der Waals surface area contributed by atoms with Gasteiger partial charge < -0.3 is 16.8 Å². The maximum absolute atomic E-state index is 11.7. The van der Waals surface area contributed by atoms with Crippen LogP contribution in [-0.4, -0.2) is 11.9 Å². The molecule has 3 unspecified atom stereocenters. The lowest BCUT2D eigenvalue weighted by Gasteiger charge is -2.44. The number of anilines is 2. The Morgan fingerprint density at radius 2 is 2.05 bits per heavy atom. The Bertz CT molecular complexity index is 591. The van der Waals surface area contributed by atoms with E-state index in [4.69, 9.17) is 11.5 Å². The fraction of sp³-hybridized carbons (Fsp3) is 0.588. The molecule has 0 aromatic heterocycles. The van der Waals surface area contributed by atoms with Crippen LogP contribution in [0.4, 0.5) is 11.4 Å². The topological polar surface area (TPSA) is 81.1 Å². The normalized spacial score (nSPS) is 33.1. The first-order chi connectivity index (χ1) is 9.75. The minimum absolute atomic E-state index is 0.199. The molecular formula is C17H25N3O. The van der Waals surface area contributed by atoms with E-state index >= 15 is 0 Å². The van der Waals surface area contributed by atoms with Crippen molar-refractivity contribution >= 4 is 17.3 Å². The van der Waals surface area contributed by atoms with Gasteiger partial charge in [-0.25, -0.2) is 0 Å². The molecule has 3 rings (SSSR count). The summed E-state index contributed by atoms with van der Waals surface area (Å²) < 4.78 is 0. The van der Waals surface area contributed by atoms with E-state index in [-0.39, 0.29) is 10.8 Å². The van der Waals surface area contributed by atoms with Crippen LogP contribution in [0.25, 0.3) is 0 Å². The van der Waals surface area contributed by atoms with Gasteiger partial charge >= 0.3 is 0 Å². The maximum atomic E-state index is 11.7. The fourth-order valence-electron chi connectivity index (χ4n) is 4.74. The number of hydrogen-bond acceptors (Lipinski definition) is 3. The lowest BCUT2D eigenvalue weighted by Crippen LogP contribution is -2.46. The lowest BCUT2D eigenvalue weighted by molar-refractivity contribution is 0.1000. The van der Waals surface area contributed by atoms with E-state index in [1.54, 1.807) is 12.1 Å². The molecule has 2 bridgehead atoms. The van der Waals surface area contributed by atoms with E-state index in [0.29, 0.717) is 23.0 Å². The van der Waals surface area contributed by atoms with Crippen LogP contribution < -0.4 is 16.8 Å². The number of carbonyl (C=O) groups is 1. The number of nitrogens with one attached hydrogen (secondary N) is 1. The Morgan fingerprint density at radius 3 is 2.62 bits per heavy atom. The molecule has 1 aromatic rings. The molecule has 4 heteroatoms. The van der Waals surface area contributed by atoms with Gasteiger partial charge in [-0.05, 0) is 48.1 Å². The molecule has 0 saturated heterocycles. The number of hydrogen-bond donors (Lipinski definition) is 3. The van der Waals surface area contributed by atoms with E-state index in [9.17, 15) is 4.79 Å². The van der Waals surface area contributed by atoms with Gasteiger partial charge in [0.1, 0.15) is 0 Å². The van der Waals surface area contributed by atoms with E-state index in [1.165, 1.54) is 19.3 Å². The number of amides is 1. The Hall–Kier alpha value is -1.71. The highest BCUT2D eigenvalue weighted by Gasteiger charge is 2.59. The summed E-state index contributed by atoms with van der Waals surface area (Å²) in [4.78, 5) is 11.7. The van der Waals surface area contributed by atoms with Crippen molar-refractivity contribution in [2.24, 2.45) is 22.5 Å². The number of fused-ring (bicyclic) bond motifs is 2. The van der Waals surface area contributed by atoms with Crippen molar-refractivity contribution in [3.05, 3.63) is 23.8 Å². The quantitative estimate of drug-likeness (QED) is 0.747. The summed E-state index contributed by atoms with van der Waals surface area (Å²) >= 11 is 0. The van der Waals surface area contributed by atoms with Gasteiger partial charge in [0.05, 0.1) is 16.9 Å². The maximum Gasteiger partial charge on any atom is 0.250 e. The molecule has 0 radical (unpaired) electrons. The van der Waals surface area contributed by atoms with Gasteiger partial charge in [0.2, 0.25) is 0 Å². The molecule has 2 aliphatic carbocycles. The number of nitrogen functional groups attached to an aromatic ring is 1. The summed E-state index contributed by atoms with van der Waals surface area (Å²) in [6.07, 6.45) is 3.78. The van der Waals surface area contributed by atoms with Crippen molar-refractivity contribution in [3.8, 4) is 0 Å². The lowest BCUT2D eigenvalue weighted by atomic mass is 9.68. The summed E-state index contributed by atoms with van der Waals surface area (Å²) in [5.41, 5.74) is 13.8. The molecule has 0 spiro atoms. The van der Waals surface area contributed by atoms with E-state index in [1.807, 2.05) is 6.07 Å². The van der Waals surface area contributed by atoms with E-state index < -0.39 is 5.91 Å². The number of benzene rings is 1. The van der Waals surface area contributed by atoms with Gasteiger partial charge in [-0.3, -0.25) is 4.79 Å². The first-order valence-corrected chi connectivity index (χ1v) is 7.70. The van der Waals surface area contributed by atoms with Crippen LogP contribution in [0.15, 0.2) is 18.2 Å². The van der Waals surface area contributed by atoms with Gasteiger partial charge in [-0.1, -0.05) is 26.8 Å². The monoisotopic (exact) mass is 287 g/mol. The third-order valence-electron chi connectivity index (χ3n) is 5.92. The summed E-state index contributed by atoms with van der Waals surface area (Å²) in [6.45, 7) is 6.99. The van der Waals surface area contributed by atoms with Gasteiger partial charge in [-0.15, -0.1) is 0 Å². The summed E-state index contributed by atoms with van der Waals surface area (Å²) in [6, 6.07) is 5.64. The molecule has 2 fully saturated rings. The highest BCUT2D eigenvalue weighted by atomic mass is 16.1. The predicted molar refractivity (Wildman–Crippen MR) is 86.0 cm³/mol. The molecule has 0 heterocycles. The zero-order valence-corrected chi connectivity index (χ0v) is 13.1. The van der Waals surface area contributed by atoms with Gasteiger partial charge in [0.15, 0.2) is 0 Å². The van der Waals surface area contributed by atoms with Gasteiger partial charge in [0.25, 0.3) is 5.91 Å². The number of para-hydroxylation sites is 1. The van der Waals surface area contributed by atoms with Crippen LogP contribution in [-0.2, 0) is 0 Å². The molecule has 4 nitrogen and oxygen atoms in total. The Morgan fingerprint density at radius 1 is 1.33 bits per heavy atom. The van der Waals surface area contributed by atoms with Crippen LogP contribution in [0, 0.1) is 16.7 Å². The minimum Gasteiger partial charge on any atom is -0.397 e. The number of primary amides is 1. The third-order valence-corrected chi connectivity index (χ3v) is 5.92. The second kappa shape index (κ2) is 4.39. The van der Waals surface area contributed by atoms with Crippen molar-refractivity contribution in [2.45, 2.75) is 46.1 Å². The van der Waals surface area contributed by atoms with Crippen LogP contribution in [0.5, 0.6) is 0 Å². The van der Waals surface area contributed by atoms with Gasteiger partial charge in [0, 0.05) is 6.04 Å². The van der Waals surface area contributed by atoms with E-state index in [2.05, 4.69) is 26.1 Å². The second-order valence-corrected chi connectivity index (χ2v) is 7.63. The molecule has 0 aliphatic heterocycles. The second-order valence-electron chi connectivity index (χ2n) is 7.63. The Labute approximate surface area is 126 Å². The number of carbonyl (C=O) groups excluding carboxylic acids is 1. The molecule has 2 saturated carbocycles.